The Balaban J connectivity index is 2.10. The molecule has 3 nitrogen and oxygen atoms in total. The van der Waals surface area contributed by atoms with Crippen molar-refractivity contribution in [3.63, 3.8) is 0 Å². The predicted octanol–water partition coefficient (Wildman–Crippen LogP) is 2.61. The fourth-order valence-electron chi connectivity index (χ4n) is 2.18. The van der Waals surface area contributed by atoms with Gasteiger partial charge in [0.05, 0.1) is 22.4 Å². The topological polar surface area (TPSA) is 37.4 Å². The normalized spacial score (nSPS) is 13.3. The molecule has 0 spiro atoms. The number of imide groups is 1. The lowest BCUT2D eigenvalue weighted by molar-refractivity contribution is 0.0926. The number of anilines is 1. The Hall–Kier alpha value is -2.93. The monoisotopic (exact) mass is 265 g/mol. The number of nitrogens with zero attached hydrogens (tertiary/aromatic N) is 1. The van der Waals surface area contributed by atoms with Crippen LogP contribution in [0.5, 0.6) is 0 Å². The summed E-state index contributed by atoms with van der Waals surface area (Å²) in [6.07, 6.45) is 5.14. The zero-order valence-corrected chi connectivity index (χ0v) is 10.3. The van der Waals surface area contributed by atoms with Crippen molar-refractivity contribution in [3.8, 4) is 12.3 Å². The lowest BCUT2D eigenvalue weighted by atomic mass is 10.1. The molecule has 4 heteroatoms. The summed E-state index contributed by atoms with van der Waals surface area (Å²) in [5.41, 5.74) is 0.899. The van der Waals surface area contributed by atoms with Crippen LogP contribution in [0.25, 0.3) is 0 Å². The average Bonchev–Trinajstić information content (AvgIpc) is 2.71. The molecule has 0 N–H and O–H groups in total. The number of halogens is 1. The van der Waals surface area contributed by atoms with Crippen LogP contribution in [0.2, 0.25) is 0 Å². The van der Waals surface area contributed by atoms with Crippen molar-refractivity contribution in [1.82, 2.24) is 0 Å². The summed E-state index contributed by atoms with van der Waals surface area (Å²) in [7, 11) is 0. The molecule has 1 heterocycles. The van der Waals surface area contributed by atoms with E-state index in [1.165, 1.54) is 12.1 Å². The van der Waals surface area contributed by atoms with E-state index in [0.29, 0.717) is 11.1 Å². The summed E-state index contributed by atoms with van der Waals surface area (Å²) in [6.45, 7) is 0. The highest BCUT2D eigenvalue weighted by Crippen LogP contribution is 2.29. The number of carbonyl (C=O) groups is 2. The first-order valence-electron chi connectivity index (χ1n) is 5.87. The molecule has 0 fully saturated rings. The van der Waals surface area contributed by atoms with E-state index in [1.54, 1.807) is 24.3 Å². The molecule has 2 aromatic rings. The van der Waals surface area contributed by atoms with Crippen molar-refractivity contribution >= 4 is 17.5 Å². The van der Waals surface area contributed by atoms with E-state index in [-0.39, 0.29) is 11.3 Å². The molecule has 3 rings (SSSR count). The molecule has 2 aromatic carbocycles. The van der Waals surface area contributed by atoms with Gasteiger partial charge in [0.2, 0.25) is 0 Å². The van der Waals surface area contributed by atoms with Crippen LogP contribution in [0.15, 0.2) is 42.5 Å². The van der Waals surface area contributed by atoms with Crippen molar-refractivity contribution in [3.05, 3.63) is 65.0 Å². The quantitative estimate of drug-likeness (QED) is 0.587. The van der Waals surface area contributed by atoms with Gasteiger partial charge in [-0.25, -0.2) is 9.29 Å². The van der Waals surface area contributed by atoms with E-state index in [4.69, 9.17) is 6.42 Å². The SMILES string of the molecule is C#Cc1ccc(N2C(=O)c3ccccc3C2=O)cc1F. The molecule has 1 aliphatic rings. The third kappa shape index (κ3) is 1.61. The van der Waals surface area contributed by atoms with Gasteiger partial charge in [-0.15, -0.1) is 6.42 Å². The first kappa shape index (κ1) is 12.1. The number of rotatable bonds is 1. The maximum absolute atomic E-state index is 13.7. The summed E-state index contributed by atoms with van der Waals surface area (Å²) in [6, 6.07) is 10.4. The van der Waals surface area contributed by atoms with Gasteiger partial charge in [0.15, 0.2) is 0 Å². The van der Waals surface area contributed by atoms with E-state index in [0.717, 1.165) is 11.0 Å². The van der Waals surface area contributed by atoms with Gasteiger partial charge in [-0.2, -0.15) is 0 Å². The highest BCUT2D eigenvalue weighted by atomic mass is 19.1. The summed E-state index contributed by atoms with van der Waals surface area (Å²) < 4.78 is 13.7. The maximum Gasteiger partial charge on any atom is 0.266 e. The van der Waals surface area contributed by atoms with Crippen LogP contribution in [0.4, 0.5) is 10.1 Å². The Morgan fingerprint density at radius 3 is 2.10 bits per heavy atom. The molecule has 20 heavy (non-hydrogen) atoms. The fourth-order valence-corrected chi connectivity index (χ4v) is 2.18. The molecule has 1 aliphatic heterocycles. The van der Waals surface area contributed by atoms with Crippen LogP contribution in [0, 0.1) is 18.2 Å². The summed E-state index contributed by atoms with van der Waals surface area (Å²) >= 11 is 0. The van der Waals surface area contributed by atoms with Gasteiger partial charge in [-0.3, -0.25) is 9.59 Å². The van der Waals surface area contributed by atoms with E-state index in [9.17, 15) is 14.0 Å². The second-order valence-corrected chi connectivity index (χ2v) is 4.30. The molecule has 2 amide bonds. The van der Waals surface area contributed by atoms with E-state index in [2.05, 4.69) is 5.92 Å². The third-order valence-corrected chi connectivity index (χ3v) is 3.16. The van der Waals surface area contributed by atoms with Gasteiger partial charge in [-0.05, 0) is 30.3 Å². The van der Waals surface area contributed by atoms with Gasteiger partial charge in [0.25, 0.3) is 11.8 Å². The van der Waals surface area contributed by atoms with Gasteiger partial charge < -0.3 is 0 Å². The third-order valence-electron chi connectivity index (χ3n) is 3.16. The molecule has 0 radical (unpaired) electrons. The lowest BCUT2D eigenvalue weighted by Gasteiger charge is -2.14. The number of hydrogen-bond donors (Lipinski definition) is 0. The van der Waals surface area contributed by atoms with Crippen molar-refractivity contribution < 1.29 is 14.0 Å². The van der Waals surface area contributed by atoms with Crippen LogP contribution < -0.4 is 4.90 Å². The molecule has 0 aliphatic carbocycles. The molecular weight excluding hydrogens is 257 g/mol. The standard InChI is InChI=1S/C16H8FNO2/c1-2-10-7-8-11(9-14(10)17)18-15(19)12-5-3-4-6-13(12)16(18)20/h1,3-9H. The number of terminal acetylenes is 1. The lowest BCUT2D eigenvalue weighted by Crippen LogP contribution is -2.29. The zero-order chi connectivity index (χ0) is 14.3. The van der Waals surface area contributed by atoms with Gasteiger partial charge in [-0.1, -0.05) is 18.1 Å². The minimum absolute atomic E-state index is 0.0883. The molecule has 0 saturated carbocycles. The number of fused-ring (bicyclic) bond motifs is 1. The van der Waals surface area contributed by atoms with Crippen LogP contribution in [-0.2, 0) is 0 Å². The summed E-state index contributed by atoms with van der Waals surface area (Å²) in [4.78, 5) is 25.4. The largest absolute Gasteiger partial charge is 0.268 e. The molecule has 0 bridgehead atoms. The van der Waals surface area contributed by atoms with Gasteiger partial charge in [0, 0.05) is 0 Å². The van der Waals surface area contributed by atoms with Crippen LogP contribution in [-0.4, -0.2) is 11.8 Å². The molecule has 0 unspecified atom stereocenters. The molecule has 0 aromatic heterocycles. The Morgan fingerprint density at radius 2 is 1.60 bits per heavy atom. The Morgan fingerprint density at radius 1 is 1.00 bits per heavy atom. The van der Waals surface area contributed by atoms with Crippen LogP contribution in [0.3, 0.4) is 0 Å². The minimum Gasteiger partial charge on any atom is -0.268 e. The molecule has 96 valence electrons. The Labute approximate surface area is 114 Å². The number of carbonyl (C=O) groups excluding carboxylic acids is 2. The van der Waals surface area contributed by atoms with E-state index >= 15 is 0 Å². The van der Waals surface area contributed by atoms with Gasteiger partial charge >= 0.3 is 0 Å². The molecule has 0 atom stereocenters. The second kappa shape index (κ2) is 4.32. The Bertz CT molecular complexity index is 754. The van der Waals surface area contributed by atoms with E-state index in [1.807, 2.05) is 0 Å². The number of hydrogen-bond acceptors (Lipinski definition) is 2. The number of benzene rings is 2. The van der Waals surface area contributed by atoms with Crippen LogP contribution in [0.1, 0.15) is 26.3 Å². The molecular formula is C16H8FNO2. The zero-order valence-electron chi connectivity index (χ0n) is 10.3. The highest BCUT2D eigenvalue weighted by Gasteiger charge is 2.36. The number of amides is 2. The minimum atomic E-state index is -0.637. The average molecular weight is 265 g/mol. The summed E-state index contributed by atoms with van der Waals surface area (Å²) in [5.74, 6) is 0.632. The molecule has 0 saturated heterocycles. The maximum atomic E-state index is 13.7. The Kier molecular flexibility index (Phi) is 2.62. The summed E-state index contributed by atoms with van der Waals surface area (Å²) in [5, 5.41) is 0. The first-order chi connectivity index (χ1) is 9.63. The first-order valence-corrected chi connectivity index (χ1v) is 5.87. The van der Waals surface area contributed by atoms with Crippen molar-refractivity contribution in [1.29, 1.82) is 0 Å². The van der Waals surface area contributed by atoms with Crippen molar-refractivity contribution in [2.24, 2.45) is 0 Å². The van der Waals surface area contributed by atoms with Crippen molar-refractivity contribution in [2.75, 3.05) is 4.90 Å². The van der Waals surface area contributed by atoms with Crippen LogP contribution >= 0.6 is 0 Å². The smallest absolute Gasteiger partial charge is 0.266 e. The second-order valence-electron chi connectivity index (χ2n) is 4.30. The van der Waals surface area contributed by atoms with Crippen molar-refractivity contribution in [2.45, 2.75) is 0 Å². The fraction of sp³-hybridized carbons (Fsp3) is 0. The highest BCUT2D eigenvalue weighted by molar-refractivity contribution is 6.34. The predicted molar refractivity (Wildman–Crippen MR) is 71.9 cm³/mol. The van der Waals surface area contributed by atoms with Gasteiger partial charge in [0.1, 0.15) is 5.82 Å². The van der Waals surface area contributed by atoms with E-state index < -0.39 is 17.6 Å².